The van der Waals surface area contributed by atoms with E-state index in [-0.39, 0.29) is 12.5 Å². The van der Waals surface area contributed by atoms with Crippen molar-refractivity contribution in [2.75, 3.05) is 25.6 Å². The van der Waals surface area contributed by atoms with Crippen molar-refractivity contribution < 1.29 is 14.3 Å². The summed E-state index contributed by atoms with van der Waals surface area (Å²) in [5.74, 6) is 0.740. The number of methoxy groups -OCH3 is 1. The first-order valence-electron chi connectivity index (χ1n) is 4.94. The van der Waals surface area contributed by atoms with Crippen molar-refractivity contribution in [1.29, 1.82) is 0 Å². The number of carbonyl (C=O) groups is 1. The average molecular weight is 225 g/mol. The van der Waals surface area contributed by atoms with Crippen LogP contribution in [-0.4, -0.2) is 36.2 Å². The zero-order valence-electron chi connectivity index (χ0n) is 9.61. The molecule has 0 fully saturated rings. The molecule has 88 valence electrons. The Morgan fingerprint density at radius 2 is 2.25 bits per heavy atom. The molecule has 1 heterocycles. The molecule has 0 atom stereocenters. The first kappa shape index (κ1) is 12.2. The summed E-state index contributed by atoms with van der Waals surface area (Å²) in [6.45, 7) is 4.31. The van der Waals surface area contributed by atoms with Crippen molar-refractivity contribution in [3.8, 4) is 5.88 Å². The van der Waals surface area contributed by atoms with E-state index in [1.54, 1.807) is 0 Å². The van der Waals surface area contributed by atoms with E-state index in [1.165, 1.54) is 13.4 Å². The number of ether oxygens (including phenoxy) is 2. The minimum absolute atomic E-state index is 0.0694. The highest BCUT2D eigenvalue weighted by Crippen LogP contribution is 2.19. The quantitative estimate of drug-likeness (QED) is 0.746. The second-order valence-corrected chi connectivity index (χ2v) is 3.02. The zero-order chi connectivity index (χ0) is 12.0. The van der Waals surface area contributed by atoms with Crippen molar-refractivity contribution in [2.24, 2.45) is 0 Å². The van der Waals surface area contributed by atoms with E-state index in [2.05, 4.69) is 20.0 Å². The maximum absolute atomic E-state index is 10.9. The lowest BCUT2D eigenvalue weighted by atomic mass is 10.3. The van der Waals surface area contributed by atoms with E-state index in [9.17, 15) is 4.79 Å². The van der Waals surface area contributed by atoms with Gasteiger partial charge in [-0.05, 0) is 13.8 Å². The Balaban J connectivity index is 2.72. The molecule has 1 aromatic heterocycles. The molecule has 0 spiro atoms. The Hall–Kier alpha value is -1.85. The van der Waals surface area contributed by atoms with Gasteiger partial charge in [-0.2, -0.15) is 0 Å². The number of carbonyl (C=O) groups excluding carboxylic acids is 1. The molecule has 0 unspecified atom stereocenters. The summed E-state index contributed by atoms with van der Waals surface area (Å²) in [6, 6.07) is 0. The standard InChI is InChI=1S/C10H15N3O3/c1-4-16-10-7(2)9(12-6-13-10)11-5-8(14)15-3/h6H,4-5H2,1-3H3,(H,11,12,13). The summed E-state index contributed by atoms with van der Waals surface area (Å²) in [5, 5.41) is 2.86. The number of hydrogen-bond acceptors (Lipinski definition) is 6. The summed E-state index contributed by atoms with van der Waals surface area (Å²) < 4.78 is 9.82. The lowest BCUT2D eigenvalue weighted by Gasteiger charge is -2.10. The van der Waals surface area contributed by atoms with Crippen LogP contribution in [0.5, 0.6) is 5.88 Å². The molecule has 1 rings (SSSR count). The minimum Gasteiger partial charge on any atom is -0.478 e. The van der Waals surface area contributed by atoms with Gasteiger partial charge in [0, 0.05) is 0 Å². The molecule has 0 radical (unpaired) electrons. The molecule has 0 aromatic carbocycles. The third kappa shape index (κ3) is 3.08. The first-order valence-corrected chi connectivity index (χ1v) is 4.94. The number of esters is 1. The van der Waals surface area contributed by atoms with Crippen LogP contribution in [0.25, 0.3) is 0 Å². The largest absolute Gasteiger partial charge is 0.478 e. The second kappa shape index (κ2) is 5.89. The van der Waals surface area contributed by atoms with Crippen LogP contribution in [0.3, 0.4) is 0 Å². The van der Waals surface area contributed by atoms with Crippen LogP contribution in [0.2, 0.25) is 0 Å². The number of nitrogens with zero attached hydrogens (tertiary/aromatic N) is 2. The number of anilines is 1. The summed E-state index contributed by atoms with van der Waals surface area (Å²) in [4.78, 5) is 19.0. The molecule has 0 aliphatic carbocycles. The van der Waals surface area contributed by atoms with Crippen molar-refractivity contribution >= 4 is 11.8 Å². The fourth-order valence-electron chi connectivity index (χ4n) is 1.12. The highest BCUT2D eigenvalue weighted by atomic mass is 16.5. The van der Waals surface area contributed by atoms with Crippen molar-refractivity contribution in [3.63, 3.8) is 0 Å². The molecular formula is C10H15N3O3. The van der Waals surface area contributed by atoms with Gasteiger partial charge in [-0.1, -0.05) is 0 Å². The maximum atomic E-state index is 10.9. The Morgan fingerprint density at radius 3 is 2.88 bits per heavy atom. The second-order valence-electron chi connectivity index (χ2n) is 3.02. The van der Waals surface area contributed by atoms with Crippen molar-refractivity contribution in [2.45, 2.75) is 13.8 Å². The molecule has 1 aromatic rings. The summed E-state index contributed by atoms with van der Waals surface area (Å²) in [7, 11) is 1.34. The van der Waals surface area contributed by atoms with Crippen LogP contribution in [0.1, 0.15) is 12.5 Å². The molecule has 0 bridgehead atoms. The van der Waals surface area contributed by atoms with E-state index in [0.29, 0.717) is 18.3 Å². The van der Waals surface area contributed by atoms with Gasteiger partial charge in [-0.3, -0.25) is 4.79 Å². The van der Waals surface area contributed by atoms with Gasteiger partial charge in [0.1, 0.15) is 18.7 Å². The minimum atomic E-state index is -0.351. The Morgan fingerprint density at radius 1 is 1.50 bits per heavy atom. The Labute approximate surface area is 94.0 Å². The van der Waals surface area contributed by atoms with Gasteiger partial charge in [-0.15, -0.1) is 0 Å². The lowest BCUT2D eigenvalue weighted by molar-refractivity contribution is -0.138. The van der Waals surface area contributed by atoms with E-state index in [4.69, 9.17) is 4.74 Å². The highest BCUT2D eigenvalue weighted by molar-refractivity contribution is 5.74. The van der Waals surface area contributed by atoms with Crippen LogP contribution < -0.4 is 10.1 Å². The topological polar surface area (TPSA) is 73.3 Å². The molecule has 1 N–H and O–H groups in total. The molecular weight excluding hydrogens is 210 g/mol. The normalized spacial score (nSPS) is 9.69. The van der Waals surface area contributed by atoms with E-state index < -0.39 is 0 Å². The van der Waals surface area contributed by atoms with Crippen molar-refractivity contribution in [1.82, 2.24) is 9.97 Å². The van der Waals surface area contributed by atoms with E-state index in [0.717, 1.165) is 5.56 Å². The van der Waals surface area contributed by atoms with Gasteiger partial charge in [-0.25, -0.2) is 9.97 Å². The van der Waals surface area contributed by atoms with E-state index in [1.807, 2.05) is 13.8 Å². The third-order valence-electron chi connectivity index (χ3n) is 1.95. The monoisotopic (exact) mass is 225 g/mol. The lowest BCUT2D eigenvalue weighted by Crippen LogP contribution is -2.16. The molecule has 0 saturated heterocycles. The number of hydrogen-bond donors (Lipinski definition) is 1. The molecule has 6 heteroatoms. The van der Waals surface area contributed by atoms with E-state index >= 15 is 0 Å². The molecule has 0 aliphatic heterocycles. The van der Waals surface area contributed by atoms with Gasteiger partial charge in [0.2, 0.25) is 5.88 Å². The van der Waals surface area contributed by atoms with Gasteiger partial charge < -0.3 is 14.8 Å². The maximum Gasteiger partial charge on any atom is 0.325 e. The van der Waals surface area contributed by atoms with Crippen LogP contribution in [0.15, 0.2) is 6.33 Å². The molecule has 0 amide bonds. The van der Waals surface area contributed by atoms with Crippen LogP contribution in [-0.2, 0) is 9.53 Å². The molecule has 0 saturated carbocycles. The number of nitrogens with one attached hydrogen (secondary N) is 1. The average Bonchev–Trinajstić information content (AvgIpc) is 2.30. The summed E-state index contributed by atoms with van der Waals surface area (Å²) in [6.07, 6.45) is 1.39. The third-order valence-corrected chi connectivity index (χ3v) is 1.95. The fourth-order valence-corrected chi connectivity index (χ4v) is 1.12. The molecule has 0 aliphatic rings. The predicted molar refractivity (Wildman–Crippen MR) is 58.4 cm³/mol. The Kier molecular flexibility index (Phi) is 4.50. The van der Waals surface area contributed by atoms with Crippen LogP contribution in [0.4, 0.5) is 5.82 Å². The van der Waals surface area contributed by atoms with Gasteiger partial charge in [0.25, 0.3) is 0 Å². The highest BCUT2D eigenvalue weighted by Gasteiger charge is 2.08. The van der Waals surface area contributed by atoms with Crippen LogP contribution in [0, 0.1) is 6.92 Å². The number of aromatic nitrogens is 2. The SMILES string of the molecule is CCOc1ncnc(NCC(=O)OC)c1C. The summed E-state index contributed by atoms with van der Waals surface area (Å²) in [5.41, 5.74) is 0.772. The molecule has 16 heavy (non-hydrogen) atoms. The van der Waals surface area contributed by atoms with Crippen molar-refractivity contribution in [3.05, 3.63) is 11.9 Å². The van der Waals surface area contributed by atoms with Gasteiger partial charge >= 0.3 is 5.97 Å². The van der Waals surface area contributed by atoms with Crippen LogP contribution >= 0.6 is 0 Å². The fraction of sp³-hybridized carbons (Fsp3) is 0.500. The van der Waals surface area contributed by atoms with Gasteiger partial charge in [0.05, 0.1) is 19.3 Å². The Bertz CT molecular complexity index is 368. The molecule has 6 nitrogen and oxygen atoms in total. The zero-order valence-corrected chi connectivity index (χ0v) is 9.61. The predicted octanol–water partition coefficient (Wildman–Crippen LogP) is 0.769. The first-order chi connectivity index (χ1) is 7.69. The smallest absolute Gasteiger partial charge is 0.325 e. The number of rotatable bonds is 5. The van der Waals surface area contributed by atoms with Gasteiger partial charge in [0.15, 0.2) is 0 Å². The summed E-state index contributed by atoms with van der Waals surface area (Å²) >= 11 is 0.